The molecule has 1 amide bonds. The number of nitrogens with one attached hydrogen (secondary N) is 1. The van der Waals surface area contributed by atoms with Gasteiger partial charge in [-0.25, -0.2) is 4.79 Å². The summed E-state index contributed by atoms with van der Waals surface area (Å²) < 4.78 is 11.1. The third-order valence-corrected chi connectivity index (χ3v) is 7.60. The topological polar surface area (TPSA) is 64.6 Å². The van der Waals surface area contributed by atoms with Crippen LogP contribution in [-0.4, -0.2) is 19.0 Å². The van der Waals surface area contributed by atoms with Crippen molar-refractivity contribution in [3.05, 3.63) is 143 Å². The zero-order valence-corrected chi connectivity index (χ0v) is 24.9. The fourth-order valence-electron chi connectivity index (χ4n) is 5.43. The summed E-state index contributed by atoms with van der Waals surface area (Å²) >= 11 is 0. The molecule has 5 rings (SSSR count). The molecule has 0 saturated carbocycles. The monoisotopic (exact) mass is 571 g/mol. The molecule has 0 spiro atoms. The van der Waals surface area contributed by atoms with Crippen molar-refractivity contribution in [2.45, 2.75) is 39.2 Å². The molecule has 0 aliphatic rings. The van der Waals surface area contributed by atoms with E-state index in [0.717, 1.165) is 39.4 Å². The van der Waals surface area contributed by atoms with Gasteiger partial charge in [0.25, 0.3) is 0 Å². The Balaban J connectivity index is 1.28. The molecule has 0 fully saturated rings. The van der Waals surface area contributed by atoms with Crippen molar-refractivity contribution in [3.8, 4) is 5.75 Å². The molecule has 1 N–H and O–H groups in total. The van der Waals surface area contributed by atoms with Gasteiger partial charge in [-0.05, 0) is 70.0 Å². The Morgan fingerprint density at radius 3 is 2.21 bits per heavy atom. The van der Waals surface area contributed by atoms with Gasteiger partial charge in [-0.2, -0.15) is 0 Å². The number of para-hydroxylation sites is 2. The molecule has 5 aromatic carbocycles. The number of benzene rings is 5. The van der Waals surface area contributed by atoms with Gasteiger partial charge in [0.1, 0.15) is 12.4 Å². The minimum atomic E-state index is -0.334. The van der Waals surface area contributed by atoms with E-state index in [2.05, 4.69) is 43.4 Å². The van der Waals surface area contributed by atoms with E-state index in [1.165, 1.54) is 7.11 Å². The van der Waals surface area contributed by atoms with Crippen molar-refractivity contribution in [1.82, 2.24) is 0 Å². The van der Waals surface area contributed by atoms with E-state index in [-0.39, 0.29) is 17.8 Å². The number of amides is 1. The molecule has 0 radical (unpaired) electrons. The van der Waals surface area contributed by atoms with Gasteiger partial charge in [-0.3, -0.25) is 4.79 Å². The van der Waals surface area contributed by atoms with Crippen LogP contribution in [0.25, 0.3) is 10.8 Å². The van der Waals surface area contributed by atoms with Gasteiger partial charge in [0.05, 0.1) is 24.3 Å². The van der Waals surface area contributed by atoms with Crippen LogP contribution in [0.4, 0.5) is 5.69 Å². The van der Waals surface area contributed by atoms with E-state index < -0.39 is 0 Å². The first kappa shape index (κ1) is 29.6. The molecule has 1 atom stereocenters. The summed E-state index contributed by atoms with van der Waals surface area (Å²) in [5, 5.41) is 5.40. The number of ether oxygens (including phenoxy) is 2. The lowest BCUT2D eigenvalue weighted by molar-refractivity contribution is -0.117. The van der Waals surface area contributed by atoms with Gasteiger partial charge in [-0.15, -0.1) is 0 Å². The average molecular weight is 572 g/mol. The molecule has 218 valence electrons. The van der Waals surface area contributed by atoms with Crippen molar-refractivity contribution in [1.29, 1.82) is 0 Å². The second kappa shape index (κ2) is 13.8. The molecule has 0 heterocycles. The van der Waals surface area contributed by atoms with Crippen LogP contribution >= 0.6 is 0 Å². The van der Waals surface area contributed by atoms with Crippen molar-refractivity contribution in [2.75, 3.05) is 12.4 Å². The van der Waals surface area contributed by atoms with Crippen LogP contribution in [0.1, 0.15) is 58.8 Å². The summed E-state index contributed by atoms with van der Waals surface area (Å²) in [6.07, 6.45) is 1.36. The van der Waals surface area contributed by atoms with Crippen LogP contribution in [0.2, 0.25) is 0 Å². The molecule has 0 aliphatic heterocycles. The largest absolute Gasteiger partial charge is 0.487 e. The van der Waals surface area contributed by atoms with E-state index in [0.29, 0.717) is 35.9 Å². The van der Waals surface area contributed by atoms with Crippen LogP contribution in [0.5, 0.6) is 5.75 Å². The quantitative estimate of drug-likeness (QED) is 0.161. The number of anilines is 1. The minimum absolute atomic E-state index is 0.0438. The first-order valence-electron chi connectivity index (χ1n) is 14.7. The van der Waals surface area contributed by atoms with Crippen molar-refractivity contribution >= 4 is 28.3 Å². The molecule has 5 aromatic rings. The Kier molecular flexibility index (Phi) is 9.52. The van der Waals surface area contributed by atoms with E-state index in [4.69, 9.17) is 9.47 Å². The van der Waals surface area contributed by atoms with Crippen LogP contribution in [0.15, 0.2) is 115 Å². The van der Waals surface area contributed by atoms with Gasteiger partial charge in [0, 0.05) is 0 Å². The molecule has 5 nitrogen and oxygen atoms in total. The summed E-state index contributed by atoms with van der Waals surface area (Å²) in [5.41, 5.74) is 5.26. The van der Waals surface area contributed by atoms with E-state index in [1.54, 1.807) is 6.07 Å². The maximum Gasteiger partial charge on any atom is 0.338 e. The fourth-order valence-corrected chi connectivity index (χ4v) is 5.43. The smallest absolute Gasteiger partial charge is 0.338 e. The van der Waals surface area contributed by atoms with Crippen molar-refractivity contribution in [3.63, 3.8) is 0 Å². The highest BCUT2D eigenvalue weighted by Crippen LogP contribution is 2.33. The predicted molar refractivity (Wildman–Crippen MR) is 173 cm³/mol. The number of methoxy groups -OCH3 is 1. The summed E-state index contributed by atoms with van der Waals surface area (Å²) in [4.78, 5) is 25.9. The van der Waals surface area contributed by atoms with Crippen molar-refractivity contribution in [2.24, 2.45) is 5.92 Å². The molecule has 0 aliphatic carbocycles. The van der Waals surface area contributed by atoms with Gasteiger partial charge in [0.15, 0.2) is 0 Å². The van der Waals surface area contributed by atoms with Gasteiger partial charge in [-0.1, -0.05) is 111 Å². The number of hydrogen-bond acceptors (Lipinski definition) is 4. The zero-order chi connectivity index (χ0) is 30.2. The number of hydrogen-bond donors (Lipinski definition) is 1. The van der Waals surface area contributed by atoms with E-state index in [1.807, 2.05) is 84.9 Å². The number of esters is 1. The van der Waals surface area contributed by atoms with E-state index in [9.17, 15) is 9.59 Å². The summed E-state index contributed by atoms with van der Waals surface area (Å²) in [5.74, 6) is 0.291. The van der Waals surface area contributed by atoms with Crippen molar-refractivity contribution < 1.29 is 19.1 Å². The average Bonchev–Trinajstić information content (AvgIpc) is 3.03. The van der Waals surface area contributed by atoms with Crippen LogP contribution < -0.4 is 10.1 Å². The third-order valence-electron chi connectivity index (χ3n) is 7.60. The lowest BCUT2D eigenvalue weighted by Crippen LogP contribution is -2.23. The number of carbonyl (C=O) groups excluding carboxylic acids is 2. The summed E-state index contributed by atoms with van der Waals surface area (Å²) in [6, 6.07) is 37.6. The highest BCUT2D eigenvalue weighted by molar-refractivity contribution is 6.00. The van der Waals surface area contributed by atoms with E-state index >= 15 is 0 Å². The number of rotatable bonds is 11. The van der Waals surface area contributed by atoms with Crippen LogP contribution in [0.3, 0.4) is 0 Å². The predicted octanol–water partition coefficient (Wildman–Crippen LogP) is 8.56. The Morgan fingerprint density at radius 2 is 1.42 bits per heavy atom. The Morgan fingerprint density at radius 1 is 0.744 bits per heavy atom. The highest BCUT2D eigenvalue weighted by atomic mass is 16.5. The molecular formula is C38H37NO4. The SMILES string of the molecule is COC(=O)c1ccccc1Cc1ccc(COc2ccccc2NC(=O)C(CC(C)C)c2cccc3ccccc23)cc1. The molecule has 0 saturated heterocycles. The number of fused-ring (bicyclic) bond motifs is 1. The Bertz CT molecular complexity index is 1700. The summed E-state index contributed by atoms with van der Waals surface area (Å²) in [7, 11) is 1.40. The second-order valence-corrected chi connectivity index (χ2v) is 11.2. The molecule has 0 aromatic heterocycles. The van der Waals surface area contributed by atoms with Gasteiger partial charge in [0.2, 0.25) is 5.91 Å². The third kappa shape index (κ3) is 7.31. The second-order valence-electron chi connectivity index (χ2n) is 11.2. The Labute approximate surface area is 253 Å². The maximum atomic E-state index is 13.8. The normalized spacial score (nSPS) is 11.7. The molecule has 43 heavy (non-hydrogen) atoms. The first-order chi connectivity index (χ1) is 20.9. The zero-order valence-electron chi connectivity index (χ0n) is 24.9. The minimum Gasteiger partial charge on any atom is -0.487 e. The molecular weight excluding hydrogens is 534 g/mol. The maximum absolute atomic E-state index is 13.8. The fraction of sp³-hybridized carbons (Fsp3) is 0.211. The lowest BCUT2D eigenvalue weighted by atomic mass is 9.86. The highest BCUT2D eigenvalue weighted by Gasteiger charge is 2.24. The van der Waals surface area contributed by atoms with Gasteiger partial charge < -0.3 is 14.8 Å². The number of carbonyl (C=O) groups is 2. The first-order valence-corrected chi connectivity index (χ1v) is 14.7. The lowest BCUT2D eigenvalue weighted by Gasteiger charge is -2.22. The summed E-state index contributed by atoms with van der Waals surface area (Å²) in [6.45, 7) is 4.64. The van der Waals surface area contributed by atoms with Crippen LogP contribution in [-0.2, 0) is 22.6 Å². The Hall–Kier alpha value is -4.90. The molecule has 0 bridgehead atoms. The molecule has 1 unspecified atom stereocenters. The molecule has 5 heteroatoms. The van der Waals surface area contributed by atoms with Crippen LogP contribution in [0, 0.1) is 5.92 Å². The van der Waals surface area contributed by atoms with Gasteiger partial charge >= 0.3 is 5.97 Å². The standard InChI is InChI=1S/C38H37NO4/c1-26(2)23-34(33-16-10-13-29-11-4-6-14-31(29)33)37(40)39-35-17-8-9-18-36(35)43-25-28-21-19-27(20-22-28)24-30-12-5-7-15-32(30)38(41)42-3/h4-22,26,34H,23-25H2,1-3H3,(H,39,40).